The van der Waals surface area contributed by atoms with Gasteiger partial charge in [0.25, 0.3) is 5.69 Å². The molecule has 0 unspecified atom stereocenters. The molecule has 0 spiro atoms. The van der Waals surface area contributed by atoms with E-state index in [1.54, 1.807) is 13.8 Å². The van der Waals surface area contributed by atoms with Crippen LogP contribution >= 0.6 is 0 Å². The number of non-ortho nitro benzene ring substituents is 1. The highest BCUT2D eigenvalue weighted by Crippen LogP contribution is 2.29. The Kier molecular flexibility index (Phi) is 5.68. The maximum Gasteiger partial charge on any atom is 0.270 e. The van der Waals surface area contributed by atoms with E-state index in [1.165, 1.54) is 23.5 Å². The minimum absolute atomic E-state index is 0.0682. The fourth-order valence-corrected chi connectivity index (χ4v) is 3.23. The van der Waals surface area contributed by atoms with Crippen LogP contribution in [0.5, 0.6) is 0 Å². The van der Waals surface area contributed by atoms with Crippen LogP contribution in [0.15, 0.2) is 23.1 Å². The van der Waals surface area contributed by atoms with Gasteiger partial charge in [-0.15, -0.1) is 0 Å². The summed E-state index contributed by atoms with van der Waals surface area (Å²) in [5, 5.41) is 13.9. The Labute approximate surface area is 125 Å². The molecule has 8 heteroatoms. The summed E-state index contributed by atoms with van der Waals surface area (Å²) in [7, 11) is -2.33. The summed E-state index contributed by atoms with van der Waals surface area (Å²) in [5.41, 5.74) is 0.141. The molecule has 0 atom stereocenters. The van der Waals surface area contributed by atoms with Crippen molar-refractivity contribution in [1.82, 2.24) is 4.31 Å². The third-order valence-corrected chi connectivity index (χ3v) is 5.20. The lowest BCUT2D eigenvalue weighted by Gasteiger charge is -2.22. The second kappa shape index (κ2) is 6.86. The first-order valence-electron chi connectivity index (χ1n) is 6.72. The molecule has 0 amide bonds. The molecule has 0 radical (unpaired) electrons. The van der Waals surface area contributed by atoms with Crippen LogP contribution in [0, 0.1) is 10.1 Å². The molecule has 0 bridgehead atoms. The van der Waals surface area contributed by atoms with Crippen LogP contribution in [0.1, 0.15) is 27.2 Å². The Morgan fingerprint density at radius 3 is 2.48 bits per heavy atom. The molecule has 1 rings (SSSR count). The number of hydrogen-bond donors (Lipinski definition) is 1. The number of rotatable bonds is 7. The molecule has 0 aromatic heterocycles. The quantitative estimate of drug-likeness (QED) is 0.616. The molecule has 1 aromatic carbocycles. The van der Waals surface area contributed by atoms with Crippen molar-refractivity contribution in [2.24, 2.45) is 0 Å². The van der Waals surface area contributed by atoms with Gasteiger partial charge in [0.15, 0.2) is 0 Å². The van der Waals surface area contributed by atoms with Crippen LogP contribution in [-0.2, 0) is 10.0 Å². The Bertz CT molecular complexity index is 614. The number of nitrogens with zero attached hydrogens (tertiary/aromatic N) is 2. The van der Waals surface area contributed by atoms with E-state index in [0.29, 0.717) is 12.2 Å². The molecular formula is C13H21N3O4S. The minimum atomic E-state index is -3.79. The average Bonchev–Trinajstić information content (AvgIpc) is 2.43. The van der Waals surface area contributed by atoms with Crippen molar-refractivity contribution < 1.29 is 13.3 Å². The number of nitrogens with one attached hydrogen (secondary N) is 1. The van der Waals surface area contributed by atoms with Gasteiger partial charge in [0, 0.05) is 31.8 Å². The summed E-state index contributed by atoms with van der Waals surface area (Å²) >= 11 is 0. The SMILES string of the molecule is CCCNc1ccc([N+](=O)[O-])cc1S(=O)(=O)N(C)C(C)C. The number of hydrogen-bond acceptors (Lipinski definition) is 5. The van der Waals surface area contributed by atoms with Crippen molar-refractivity contribution in [3.8, 4) is 0 Å². The van der Waals surface area contributed by atoms with Gasteiger partial charge in [-0.1, -0.05) is 6.92 Å². The summed E-state index contributed by atoms with van der Waals surface area (Å²) in [6.07, 6.45) is 0.816. The van der Waals surface area contributed by atoms with Gasteiger partial charge in [0.05, 0.1) is 10.6 Å². The third-order valence-electron chi connectivity index (χ3n) is 3.13. The van der Waals surface area contributed by atoms with Crippen molar-refractivity contribution in [2.45, 2.75) is 38.1 Å². The Morgan fingerprint density at radius 1 is 1.38 bits per heavy atom. The van der Waals surface area contributed by atoms with Gasteiger partial charge in [-0.3, -0.25) is 10.1 Å². The molecule has 0 fully saturated rings. The highest BCUT2D eigenvalue weighted by atomic mass is 32.2. The van der Waals surface area contributed by atoms with Crippen LogP contribution < -0.4 is 5.32 Å². The Hall–Kier alpha value is -1.67. The third kappa shape index (κ3) is 3.92. The van der Waals surface area contributed by atoms with Gasteiger partial charge in [0.1, 0.15) is 4.90 Å². The van der Waals surface area contributed by atoms with Crippen LogP contribution in [0.4, 0.5) is 11.4 Å². The predicted octanol–water partition coefficient (Wildman–Crippen LogP) is 2.45. The molecule has 0 saturated heterocycles. The lowest BCUT2D eigenvalue weighted by atomic mass is 10.3. The van der Waals surface area contributed by atoms with E-state index in [-0.39, 0.29) is 16.6 Å². The van der Waals surface area contributed by atoms with Crippen molar-refractivity contribution in [3.63, 3.8) is 0 Å². The maximum absolute atomic E-state index is 12.6. The molecule has 118 valence electrons. The van der Waals surface area contributed by atoms with Crippen molar-refractivity contribution in [1.29, 1.82) is 0 Å². The molecule has 0 aliphatic carbocycles. The monoisotopic (exact) mass is 315 g/mol. The molecule has 0 aliphatic rings. The maximum atomic E-state index is 12.6. The highest BCUT2D eigenvalue weighted by molar-refractivity contribution is 7.89. The zero-order chi connectivity index (χ0) is 16.2. The summed E-state index contributed by atoms with van der Waals surface area (Å²) < 4.78 is 26.4. The Morgan fingerprint density at radius 2 is 2.00 bits per heavy atom. The van der Waals surface area contributed by atoms with Crippen molar-refractivity contribution in [3.05, 3.63) is 28.3 Å². The second-order valence-electron chi connectivity index (χ2n) is 4.98. The summed E-state index contributed by atoms with van der Waals surface area (Å²) in [6, 6.07) is 3.60. The number of anilines is 1. The van der Waals surface area contributed by atoms with Crippen LogP contribution in [0.25, 0.3) is 0 Å². The van der Waals surface area contributed by atoms with E-state index in [2.05, 4.69) is 5.32 Å². The van der Waals surface area contributed by atoms with E-state index in [4.69, 9.17) is 0 Å². The first kappa shape index (κ1) is 17.4. The molecule has 1 aromatic rings. The fraction of sp³-hybridized carbons (Fsp3) is 0.538. The summed E-state index contributed by atoms with van der Waals surface area (Å²) in [6.45, 7) is 6.03. The normalized spacial score (nSPS) is 11.9. The van der Waals surface area contributed by atoms with E-state index in [9.17, 15) is 18.5 Å². The Balaban J connectivity index is 3.41. The lowest BCUT2D eigenvalue weighted by Crippen LogP contribution is -2.33. The van der Waals surface area contributed by atoms with Gasteiger partial charge in [-0.05, 0) is 26.3 Å². The van der Waals surface area contributed by atoms with E-state index >= 15 is 0 Å². The second-order valence-corrected chi connectivity index (χ2v) is 6.95. The topological polar surface area (TPSA) is 92.5 Å². The predicted molar refractivity (Wildman–Crippen MR) is 82.0 cm³/mol. The molecule has 21 heavy (non-hydrogen) atoms. The minimum Gasteiger partial charge on any atom is -0.384 e. The molecule has 0 aliphatic heterocycles. The first-order valence-corrected chi connectivity index (χ1v) is 8.16. The van der Waals surface area contributed by atoms with Crippen LogP contribution in [0.3, 0.4) is 0 Å². The molecule has 0 saturated carbocycles. The number of benzene rings is 1. The van der Waals surface area contributed by atoms with Crippen LogP contribution in [-0.4, -0.2) is 37.3 Å². The summed E-state index contributed by atoms with van der Waals surface area (Å²) in [4.78, 5) is 10.2. The van der Waals surface area contributed by atoms with Gasteiger partial charge >= 0.3 is 0 Å². The van der Waals surface area contributed by atoms with Crippen LogP contribution in [0.2, 0.25) is 0 Å². The van der Waals surface area contributed by atoms with Gasteiger partial charge in [-0.2, -0.15) is 4.31 Å². The van der Waals surface area contributed by atoms with Crippen molar-refractivity contribution in [2.75, 3.05) is 18.9 Å². The zero-order valence-corrected chi connectivity index (χ0v) is 13.5. The molecule has 7 nitrogen and oxygen atoms in total. The van der Waals surface area contributed by atoms with E-state index in [1.807, 2.05) is 6.92 Å². The highest BCUT2D eigenvalue weighted by Gasteiger charge is 2.28. The number of sulfonamides is 1. The summed E-state index contributed by atoms with van der Waals surface area (Å²) in [5.74, 6) is 0. The molecule has 1 N–H and O–H groups in total. The lowest BCUT2D eigenvalue weighted by molar-refractivity contribution is -0.385. The smallest absolute Gasteiger partial charge is 0.270 e. The zero-order valence-electron chi connectivity index (χ0n) is 12.7. The van der Waals surface area contributed by atoms with E-state index < -0.39 is 14.9 Å². The number of nitro groups is 1. The molecular weight excluding hydrogens is 294 g/mol. The largest absolute Gasteiger partial charge is 0.384 e. The van der Waals surface area contributed by atoms with Gasteiger partial charge in [0.2, 0.25) is 10.0 Å². The standard InChI is InChI=1S/C13H21N3O4S/c1-5-8-14-12-7-6-11(16(17)18)9-13(12)21(19,20)15(4)10(2)3/h6-7,9-10,14H,5,8H2,1-4H3. The number of nitro benzene ring substituents is 1. The average molecular weight is 315 g/mol. The van der Waals surface area contributed by atoms with Gasteiger partial charge < -0.3 is 5.32 Å². The molecule has 0 heterocycles. The fourth-order valence-electron chi connectivity index (χ4n) is 1.68. The van der Waals surface area contributed by atoms with E-state index in [0.717, 1.165) is 12.5 Å². The van der Waals surface area contributed by atoms with Gasteiger partial charge in [-0.25, -0.2) is 8.42 Å². The van der Waals surface area contributed by atoms with Crippen molar-refractivity contribution >= 4 is 21.4 Å². The first-order chi connectivity index (χ1) is 9.71.